The SMILES string of the molecule is CN(CCO)CC(O)CI. The predicted molar refractivity (Wildman–Crippen MR) is 49.5 cm³/mol. The highest BCUT2D eigenvalue weighted by Gasteiger charge is 2.04. The van der Waals surface area contributed by atoms with Crippen molar-refractivity contribution in [1.82, 2.24) is 4.90 Å². The second-order valence-electron chi connectivity index (χ2n) is 2.29. The summed E-state index contributed by atoms with van der Waals surface area (Å²) in [6.07, 6.45) is -0.267. The molecule has 3 nitrogen and oxygen atoms in total. The Morgan fingerprint density at radius 2 is 2.20 bits per heavy atom. The Labute approximate surface area is 75.2 Å². The average Bonchev–Trinajstić information content (AvgIpc) is 1.88. The number of rotatable bonds is 5. The fourth-order valence-corrected chi connectivity index (χ4v) is 0.949. The minimum Gasteiger partial charge on any atom is -0.395 e. The van der Waals surface area contributed by atoms with Crippen LogP contribution in [0.4, 0.5) is 0 Å². The zero-order valence-electron chi connectivity index (χ0n) is 6.13. The van der Waals surface area contributed by atoms with E-state index in [0.29, 0.717) is 13.1 Å². The van der Waals surface area contributed by atoms with Crippen molar-refractivity contribution < 1.29 is 10.2 Å². The quantitative estimate of drug-likeness (QED) is 0.526. The number of aliphatic hydroxyl groups is 2. The van der Waals surface area contributed by atoms with Gasteiger partial charge in [0.2, 0.25) is 0 Å². The van der Waals surface area contributed by atoms with Gasteiger partial charge in [0, 0.05) is 17.5 Å². The van der Waals surface area contributed by atoms with Crippen LogP contribution in [0.15, 0.2) is 0 Å². The molecule has 0 bridgehead atoms. The maximum atomic E-state index is 9.12. The lowest BCUT2D eigenvalue weighted by molar-refractivity contribution is 0.132. The molecule has 0 aromatic carbocycles. The van der Waals surface area contributed by atoms with Gasteiger partial charge in [0.15, 0.2) is 0 Å². The van der Waals surface area contributed by atoms with E-state index in [0.717, 1.165) is 4.43 Å². The van der Waals surface area contributed by atoms with Crippen LogP contribution in [-0.4, -0.2) is 52.4 Å². The first kappa shape index (κ1) is 10.6. The summed E-state index contributed by atoms with van der Waals surface area (Å²) in [6, 6.07) is 0. The molecule has 2 N–H and O–H groups in total. The fourth-order valence-electron chi connectivity index (χ4n) is 0.671. The van der Waals surface area contributed by atoms with Crippen molar-refractivity contribution in [1.29, 1.82) is 0 Å². The number of hydrogen-bond acceptors (Lipinski definition) is 3. The third kappa shape index (κ3) is 5.40. The number of likely N-dealkylation sites (N-methyl/N-ethyl adjacent to an activating group) is 1. The van der Waals surface area contributed by atoms with Crippen molar-refractivity contribution in [2.24, 2.45) is 0 Å². The summed E-state index contributed by atoms with van der Waals surface area (Å²) >= 11 is 2.14. The Kier molecular flexibility index (Phi) is 6.71. The molecule has 0 spiro atoms. The van der Waals surface area contributed by atoms with Crippen molar-refractivity contribution in [3.63, 3.8) is 0 Å². The summed E-state index contributed by atoms with van der Waals surface area (Å²) in [7, 11) is 1.88. The molecule has 0 amide bonds. The van der Waals surface area contributed by atoms with Crippen LogP contribution in [-0.2, 0) is 0 Å². The van der Waals surface area contributed by atoms with Gasteiger partial charge in [0.05, 0.1) is 12.7 Å². The van der Waals surface area contributed by atoms with Gasteiger partial charge in [0.25, 0.3) is 0 Å². The van der Waals surface area contributed by atoms with E-state index in [-0.39, 0.29) is 12.7 Å². The van der Waals surface area contributed by atoms with Crippen molar-refractivity contribution in [2.45, 2.75) is 6.10 Å². The second kappa shape index (κ2) is 6.33. The molecule has 1 atom stereocenters. The summed E-state index contributed by atoms with van der Waals surface area (Å²) in [5.74, 6) is 0. The monoisotopic (exact) mass is 259 g/mol. The van der Waals surface area contributed by atoms with Gasteiger partial charge < -0.3 is 15.1 Å². The van der Waals surface area contributed by atoms with E-state index < -0.39 is 0 Å². The fraction of sp³-hybridized carbons (Fsp3) is 1.00. The standard InChI is InChI=1S/C6H14INO2/c1-8(2-3-9)5-6(10)4-7/h6,9-10H,2-5H2,1H3. The van der Waals surface area contributed by atoms with Crippen LogP contribution in [0.2, 0.25) is 0 Å². The molecule has 0 aliphatic rings. The molecule has 4 heteroatoms. The van der Waals surface area contributed by atoms with E-state index >= 15 is 0 Å². The van der Waals surface area contributed by atoms with Gasteiger partial charge in [-0.1, -0.05) is 22.6 Å². The van der Waals surface area contributed by atoms with Gasteiger partial charge in [0.1, 0.15) is 0 Å². The molecule has 0 aliphatic heterocycles. The van der Waals surface area contributed by atoms with Crippen molar-refractivity contribution in [3.8, 4) is 0 Å². The minimum absolute atomic E-state index is 0.157. The number of hydrogen-bond donors (Lipinski definition) is 2. The molecule has 0 saturated heterocycles. The summed E-state index contributed by atoms with van der Waals surface area (Å²) in [6.45, 7) is 1.43. The Hall–Kier alpha value is 0.610. The molecule has 0 radical (unpaired) electrons. The third-order valence-corrected chi connectivity index (χ3v) is 2.20. The molecule has 0 aliphatic carbocycles. The summed E-state index contributed by atoms with van der Waals surface area (Å²) in [5, 5.41) is 17.6. The largest absolute Gasteiger partial charge is 0.395 e. The van der Waals surface area contributed by atoms with Crippen LogP contribution in [0.5, 0.6) is 0 Å². The van der Waals surface area contributed by atoms with E-state index in [1.165, 1.54) is 0 Å². The number of alkyl halides is 1. The average molecular weight is 259 g/mol. The lowest BCUT2D eigenvalue weighted by Gasteiger charge is -2.17. The van der Waals surface area contributed by atoms with Gasteiger partial charge in [-0.3, -0.25) is 0 Å². The molecule has 0 heterocycles. The topological polar surface area (TPSA) is 43.7 Å². The highest BCUT2D eigenvalue weighted by molar-refractivity contribution is 14.1. The van der Waals surface area contributed by atoms with Crippen LogP contribution in [0, 0.1) is 0 Å². The molecule has 10 heavy (non-hydrogen) atoms. The molecule has 0 aromatic rings. The van der Waals surface area contributed by atoms with Crippen LogP contribution in [0.25, 0.3) is 0 Å². The summed E-state index contributed by atoms with van der Waals surface area (Å²) in [5.41, 5.74) is 0. The molecular weight excluding hydrogens is 245 g/mol. The Morgan fingerprint density at radius 1 is 1.60 bits per heavy atom. The summed E-state index contributed by atoms with van der Waals surface area (Å²) in [4.78, 5) is 1.91. The van der Waals surface area contributed by atoms with E-state index in [2.05, 4.69) is 22.6 Å². The smallest absolute Gasteiger partial charge is 0.0756 e. The first-order valence-corrected chi connectivity index (χ1v) is 4.76. The van der Waals surface area contributed by atoms with Gasteiger partial charge in [-0.2, -0.15) is 0 Å². The number of halogens is 1. The second-order valence-corrected chi connectivity index (χ2v) is 3.17. The highest BCUT2D eigenvalue weighted by Crippen LogP contribution is 1.93. The number of aliphatic hydroxyl groups excluding tert-OH is 2. The van der Waals surface area contributed by atoms with Crippen LogP contribution >= 0.6 is 22.6 Å². The van der Waals surface area contributed by atoms with Crippen LogP contribution in [0.1, 0.15) is 0 Å². The maximum absolute atomic E-state index is 9.12. The molecule has 1 unspecified atom stereocenters. The van der Waals surface area contributed by atoms with Crippen molar-refractivity contribution in [2.75, 3.05) is 31.2 Å². The molecule has 0 saturated carbocycles. The lowest BCUT2D eigenvalue weighted by atomic mass is 10.4. The molecule has 0 rings (SSSR count). The number of nitrogens with zero attached hydrogens (tertiary/aromatic N) is 1. The first-order valence-electron chi connectivity index (χ1n) is 3.24. The molecule has 62 valence electrons. The van der Waals surface area contributed by atoms with Gasteiger partial charge in [-0.05, 0) is 7.05 Å². The maximum Gasteiger partial charge on any atom is 0.0756 e. The van der Waals surface area contributed by atoms with Gasteiger partial charge in [-0.25, -0.2) is 0 Å². The molecule has 0 fully saturated rings. The normalized spacial score (nSPS) is 14.1. The van der Waals surface area contributed by atoms with E-state index in [9.17, 15) is 0 Å². The zero-order valence-corrected chi connectivity index (χ0v) is 8.28. The zero-order chi connectivity index (χ0) is 7.98. The third-order valence-electron chi connectivity index (χ3n) is 1.18. The Bertz CT molecular complexity index is 82.1. The predicted octanol–water partition coefficient (Wildman–Crippen LogP) is -0.294. The highest BCUT2D eigenvalue weighted by atomic mass is 127. The van der Waals surface area contributed by atoms with Crippen LogP contribution in [0.3, 0.4) is 0 Å². The van der Waals surface area contributed by atoms with E-state index in [4.69, 9.17) is 10.2 Å². The van der Waals surface area contributed by atoms with Gasteiger partial charge in [-0.15, -0.1) is 0 Å². The van der Waals surface area contributed by atoms with E-state index in [1.807, 2.05) is 11.9 Å². The first-order chi connectivity index (χ1) is 4.70. The van der Waals surface area contributed by atoms with Crippen molar-refractivity contribution >= 4 is 22.6 Å². The minimum atomic E-state index is -0.267. The van der Waals surface area contributed by atoms with Gasteiger partial charge >= 0.3 is 0 Å². The van der Waals surface area contributed by atoms with E-state index in [1.54, 1.807) is 0 Å². The van der Waals surface area contributed by atoms with Crippen molar-refractivity contribution in [3.05, 3.63) is 0 Å². The Balaban J connectivity index is 3.27. The van der Waals surface area contributed by atoms with Crippen LogP contribution < -0.4 is 0 Å². The molecule has 0 aromatic heterocycles. The summed E-state index contributed by atoms with van der Waals surface area (Å²) < 4.78 is 0.744. The lowest BCUT2D eigenvalue weighted by Crippen LogP contribution is -2.31. The Morgan fingerprint density at radius 3 is 2.60 bits per heavy atom. The molecular formula is C6H14INO2.